The Labute approximate surface area is 163 Å². The zero-order chi connectivity index (χ0) is 17.1. The van der Waals surface area contributed by atoms with Crippen molar-refractivity contribution in [2.75, 3.05) is 32.7 Å². The van der Waals surface area contributed by atoms with E-state index in [0.717, 1.165) is 52.0 Å². The molecule has 0 radical (unpaired) electrons. The van der Waals surface area contributed by atoms with Crippen molar-refractivity contribution in [3.63, 3.8) is 0 Å². The minimum absolute atomic E-state index is 0. The van der Waals surface area contributed by atoms with E-state index in [1.807, 2.05) is 0 Å². The van der Waals surface area contributed by atoms with Crippen LogP contribution < -0.4 is 5.32 Å². The zero-order valence-corrected chi connectivity index (χ0v) is 16.4. The summed E-state index contributed by atoms with van der Waals surface area (Å²) in [4.78, 5) is 17.8. The van der Waals surface area contributed by atoms with Crippen LogP contribution in [0.2, 0.25) is 0 Å². The van der Waals surface area contributed by atoms with Crippen LogP contribution in [-0.2, 0) is 11.3 Å². The predicted molar refractivity (Wildman–Crippen MR) is 107 cm³/mol. The molecule has 1 N–H and O–H groups in total. The number of amides is 1. The molecule has 0 saturated carbocycles. The Morgan fingerprint density at radius 3 is 2.58 bits per heavy atom. The van der Waals surface area contributed by atoms with E-state index >= 15 is 0 Å². The second-order valence-corrected chi connectivity index (χ2v) is 8.02. The van der Waals surface area contributed by atoms with Crippen LogP contribution >= 0.6 is 12.4 Å². The Bertz CT molecular complexity index is 576. The molecule has 4 rings (SSSR count). The Morgan fingerprint density at radius 1 is 1.04 bits per heavy atom. The molecule has 2 atom stereocenters. The lowest BCUT2D eigenvalue weighted by Gasteiger charge is -2.48. The standard InChI is InChI=1S/C21H31N3O.ClH/c25-21(18-8-11-22-12-9-18)24-14-10-20-19(16-24)7-4-13-23(20)15-17-5-2-1-3-6-17;/h1-3,5-6,18-20,22H,4,7-16H2;1H. The number of fused-ring (bicyclic) bond motifs is 1. The van der Waals surface area contributed by atoms with Crippen molar-refractivity contribution in [2.45, 2.75) is 44.7 Å². The molecule has 1 aromatic carbocycles. The van der Waals surface area contributed by atoms with Gasteiger partial charge in [0.1, 0.15) is 0 Å². The molecule has 144 valence electrons. The number of benzene rings is 1. The Balaban J connectivity index is 0.00000196. The molecule has 1 amide bonds. The third-order valence-corrected chi connectivity index (χ3v) is 6.41. The van der Waals surface area contributed by atoms with Gasteiger partial charge in [-0.2, -0.15) is 0 Å². The fraction of sp³-hybridized carbons (Fsp3) is 0.667. The van der Waals surface area contributed by atoms with E-state index in [9.17, 15) is 4.79 Å². The number of piperidine rings is 3. The average molecular weight is 378 g/mol. The van der Waals surface area contributed by atoms with Crippen LogP contribution in [0.1, 0.15) is 37.7 Å². The molecule has 0 spiro atoms. The molecular weight excluding hydrogens is 346 g/mol. The third-order valence-electron chi connectivity index (χ3n) is 6.41. The first-order valence-corrected chi connectivity index (χ1v) is 10.1. The topological polar surface area (TPSA) is 35.6 Å². The lowest BCUT2D eigenvalue weighted by molar-refractivity contribution is -0.140. The van der Waals surface area contributed by atoms with E-state index in [1.165, 1.54) is 24.9 Å². The van der Waals surface area contributed by atoms with E-state index < -0.39 is 0 Å². The van der Waals surface area contributed by atoms with Crippen LogP contribution in [0.5, 0.6) is 0 Å². The maximum Gasteiger partial charge on any atom is 0.225 e. The number of rotatable bonds is 3. The van der Waals surface area contributed by atoms with Crippen LogP contribution in [-0.4, -0.2) is 54.5 Å². The fourth-order valence-corrected chi connectivity index (χ4v) is 5.05. The molecule has 1 aromatic rings. The molecule has 5 heteroatoms. The van der Waals surface area contributed by atoms with E-state index in [-0.39, 0.29) is 18.3 Å². The molecule has 0 aromatic heterocycles. The summed E-state index contributed by atoms with van der Waals surface area (Å²) >= 11 is 0. The van der Waals surface area contributed by atoms with Gasteiger partial charge in [0.25, 0.3) is 0 Å². The highest BCUT2D eigenvalue weighted by atomic mass is 35.5. The summed E-state index contributed by atoms with van der Waals surface area (Å²) in [5.74, 6) is 1.36. The normalized spacial score (nSPS) is 27.5. The highest BCUT2D eigenvalue weighted by molar-refractivity contribution is 5.85. The maximum atomic E-state index is 12.9. The van der Waals surface area contributed by atoms with Crippen LogP contribution in [0.25, 0.3) is 0 Å². The van der Waals surface area contributed by atoms with E-state index in [4.69, 9.17) is 0 Å². The number of halogens is 1. The van der Waals surface area contributed by atoms with Gasteiger partial charge in [0.15, 0.2) is 0 Å². The fourth-order valence-electron chi connectivity index (χ4n) is 5.05. The number of likely N-dealkylation sites (tertiary alicyclic amines) is 2. The smallest absolute Gasteiger partial charge is 0.225 e. The van der Waals surface area contributed by atoms with Crippen LogP contribution in [0.4, 0.5) is 0 Å². The summed E-state index contributed by atoms with van der Waals surface area (Å²) in [6, 6.07) is 11.5. The lowest BCUT2D eigenvalue weighted by atomic mass is 9.82. The SMILES string of the molecule is Cl.O=C(C1CCNCC1)N1CCC2C(CCCN2Cc2ccccc2)C1. The van der Waals surface area contributed by atoms with Crippen molar-refractivity contribution >= 4 is 18.3 Å². The number of carbonyl (C=O) groups is 1. The van der Waals surface area contributed by atoms with Crippen LogP contribution in [0.3, 0.4) is 0 Å². The lowest BCUT2D eigenvalue weighted by Crippen LogP contribution is -2.56. The Kier molecular flexibility index (Phi) is 6.96. The van der Waals surface area contributed by atoms with Crippen LogP contribution in [0.15, 0.2) is 30.3 Å². The molecule has 0 bridgehead atoms. The third kappa shape index (κ3) is 4.41. The first-order chi connectivity index (χ1) is 12.3. The van der Waals surface area contributed by atoms with Gasteiger partial charge in [0, 0.05) is 31.6 Å². The predicted octanol–water partition coefficient (Wildman–Crippen LogP) is 2.92. The molecule has 3 aliphatic rings. The summed E-state index contributed by atoms with van der Waals surface area (Å²) in [5, 5.41) is 3.37. The number of hydrogen-bond acceptors (Lipinski definition) is 3. The summed E-state index contributed by atoms with van der Waals surface area (Å²) in [7, 11) is 0. The molecule has 3 saturated heterocycles. The molecule has 26 heavy (non-hydrogen) atoms. The average Bonchev–Trinajstić information content (AvgIpc) is 2.69. The molecule has 0 aliphatic carbocycles. The van der Waals surface area contributed by atoms with E-state index in [2.05, 4.69) is 45.4 Å². The molecule has 3 aliphatic heterocycles. The monoisotopic (exact) mass is 377 g/mol. The maximum absolute atomic E-state index is 12.9. The van der Waals surface area contributed by atoms with Gasteiger partial charge in [-0.05, 0) is 63.2 Å². The minimum Gasteiger partial charge on any atom is -0.342 e. The summed E-state index contributed by atoms with van der Waals surface area (Å²) in [6.45, 7) is 6.21. The van der Waals surface area contributed by atoms with Gasteiger partial charge in [-0.25, -0.2) is 0 Å². The van der Waals surface area contributed by atoms with Crippen molar-refractivity contribution < 1.29 is 4.79 Å². The largest absolute Gasteiger partial charge is 0.342 e. The van der Waals surface area contributed by atoms with Crippen molar-refractivity contribution in [3.8, 4) is 0 Å². The van der Waals surface area contributed by atoms with Crippen molar-refractivity contribution in [1.29, 1.82) is 0 Å². The Morgan fingerprint density at radius 2 is 1.81 bits per heavy atom. The van der Waals surface area contributed by atoms with Gasteiger partial charge < -0.3 is 10.2 Å². The van der Waals surface area contributed by atoms with Crippen LogP contribution in [0, 0.1) is 11.8 Å². The van der Waals surface area contributed by atoms with Gasteiger partial charge in [0.2, 0.25) is 5.91 Å². The number of carbonyl (C=O) groups excluding carboxylic acids is 1. The molecule has 3 fully saturated rings. The molecule has 3 heterocycles. The first kappa shape index (κ1) is 19.7. The van der Waals surface area contributed by atoms with Crippen molar-refractivity contribution in [3.05, 3.63) is 35.9 Å². The highest BCUT2D eigenvalue weighted by Gasteiger charge is 2.38. The van der Waals surface area contributed by atoms with Gasteiger partial charge in [-0.3, -0.25) is 9.69 Å². The van der Waals surface area contributed by atoms with Gasteiger partial charge in [-0.1, -0.05) is 30.3 Å². The zero-order valence-electron chi connectivity index (χ0n) is 15.6. The number of hydrogen-bond donors (Lipinski definition) is 1. The summed E-state index contributed by atoms with van der Waals surface area (Å²) < 4.78 is 0. The Hall–Kier alpha value is -1.10. The van der Waals surface area contributed by atoms with E-state index in [1.54, 1.807) is 0 Å². The van der Waals surface area contributed by atoms with Gasteiger partial charge >= 0.3 is 0 Å². The van der Waals surface area contributed by atoms with Crippen molar-refractivity contribution in [2.24, 2.45) is 11.8 Å². The molecular formula is C21H32ClN3O. The summed E-state index contributed by atoms with van der Waals surface area (Å²) in [5.41, 5.74) is 1.41. The molecule has 4 nitrogen and oxygen atoms in total. The quantitative estimate of drug-likeness (QED) is 0.879. The van der Waals surface area contributed by atoms with Gasteiger partial charge in [-0.15, -0.1) is 12.4 Å². The number of nitrogens with one attached hydrogen (secondary N) is 1. The van der Waals surface area contributed by atoms with E-state index in [0.29, 0.717) is 17.9 Å². The second kappa shape index (κ2) is 9.20. The van der Waals surface area contributed by atoms with Crippen molar-refractivity contribution in [1.82, 2.24) is 15.1 Å². The molecule has 2 unspecified atom stereocenters. The number of nitrogens with zero attached hydrogens (tertiary/aromatic N) is 2. The highest BCUT2D eigenvalue weighted by Crippen LogP contribution is 2.32. The first-order valence-electron chi connectivity index (χ1n) is 10.1. The summed E-state index contributed by atoms with van der Waals surface area (Å²) in [6.07, 6.45) is 5.73. The minimum atomic E-state index is 0. The van der Waals surface area contributed by atoms with Gasteiger partial charge in [0.05, 0.1) is 0 Å². The second-order valence-electron chi connectivity index (χ2n) is 8.02.